The van der Waals surface area contributed by atoms with E-state index in [1.54, 1.807) is 41.7 Å². The van der Waals surface area contributed by atoms with Gasteiger partial charge in [0.15, 0.2) is 0 Å². The Labute approximate surface area is 97.5 Å². The number of carboxylic acid groups (broad SMARTS) is 1. The molecule has 0 bridgehead atoms. The monoisotopic (exact) mass is 229 g/mol. The maximum atomic E-state index is 10.8. The average Bonchev–Trinajstić information content (AvgIpc) is 2.79. The highest BCUT2D eigenvalue weighted by atomic mass is 32.1. The Hall–Kier alpha value is -1.87. The lowest BCUT2D eigenvalue weighted by Gasteiger charge is -2.05. The highest BCUT2D eigenvalue weighted by Crippen LogP contribution is 2.15. The first kappa shape index (κ1) is 10.6. The molecule has 1 aromatic heterocycles. The minimum atomic E-state index is -1.15. The van der Waals surface area contributed by atoms with Crippen molar-refractivity contribution < 1.29 is 9.90 Å². The van der Waals surface area contributed by atoms with E-state index in [-0.39, 0.29) is 5.56 Å². The molecule has 3 heteroatoms. The van der Waals surface area contributed by atoms with E-state index in [0.717, 1.165) is 4.88 Å². The second-order valence-electron chi connectivity index (χ2n) is 3.22. The second-order valence-corrected chi connectivity index (χ2v) is 4.20. The van der Waals surface area contributed by atoms with Crippen LogP contribution in [-0.4, -0.2) is 5.97 Å². The van der Waals surface area contributed by atoms with Gasteiger partial charge in [0.1, 0.15) is 0 Å². The van der Waals surface area contributed by atoms with Crippen LogP contribution >= 0.6 is 11.3 Å². The third kappa shape index (κ3) is 2.38. The largest absolute Gasteiger partial charge is 0.545 e. The first-order valence-electron chi connectivity index (χ1n) is 4.79. The predicted molar refractivity (Wildman–Crippen MR) is 64.0 cm³/mol. The maximum Gasteiger partial charge on any atom is 0.0721 e. The van der Waals surface area contributed by atoms with Crippen molar-refractivity contribution in [3.8, 4) is 0 Å². The number of carbonyl (C=O) groups excluding carboxylic acids is 1. The number of rotatable bonds is 3. The SMILES string of the molecule is O=C([O-])c1ccccc1/C=C/c1cccs1. The van der Waals surface area contributed by atoms with E-state index in [2.05, 4.69) is 0 Å². The van der Waals surface area contributed by atoms with Gasteiger partial charge in [-0.3, -0.25) is 0 Å². The first-order chi connectivity index (χ1) is 7.77. The molecule has 2 rings (SSSR count). The summed E-state index contributed by atoms with van der Waals surface area (Å²) in [6, 6.07) is 10.7. The molecule has 0 saturated carbocycles. The number of aromatic carboxylic acids is 1. The molecule has 0 N–H and O–H groups in total. The van der Waals surface area contributed by atoms with E-state index in [1.807, 2.05) is 23.6 Å². The Balaban J connectivity index is 2.31. The van der Waals surface area contributed by atoms with E-state index in [1.165, 1.54) is 0 Å². The molecule has 0 saturated heterocycles. The fourth-order valence-corrected chi connectivity index (χ4v) is 2.00. The second kappa shape index (κ2) is 4.77. The molecule has 0 spiro atoms. The zero-order chi connectivity index (χ0) is 11.4. The molecule has 2 aromatic rings. The van der Waals surface area contributed by atoms with Crippen molar-refractivity contribution in [1.29, 1.82) is 0 Å². The Morgan fingerprint density at radius 1 is 1.12 bits per heavy atom. The quantitative estimate of drug-likeness (QED) is 0.810. The van der Waals surface area contributed by atoms with Crippen LogP contribution in [-0.2, 0) is 0 Å². The van der Waals surface area contributed by atoms with Crippen LogP contribution in [0, 0.1) is 0 Å². The van der Waals surface area contributed by atoms with Crippen LogP contribution < -0.4 is 5.11 Å². The molecule has 0 aliphatic heterocycles. The van der Waals surface area contributed by atoms with Gasteiger partial charge in [-0.05, 0) is 23.1 Å². The van der Waals surface area contributed by atoms with Crippen molar-refractivity contribution in [3.63, 3.8) is 0 Å². The molecule has 0 atom stereocenters. The van der Waals surface area contributed by atoms with Crippen LogP contribution in [0.25, 0.3) is 12.2 Å². The normalized spacial score (nSPS) is 10.8. The molecule has 0 aliphatic rings. The molecule has 0 radical (unpaired) electrons. The van der Waals surface area contributed by atoms with Crippen LogP contribution in [0.1, 0.15) is 20.8 Å². The molecule has 1 aromatic carbocycles. The molecular formula is C13H9O2S-. The predicted octanol–water partition coefficient (Wildman–Crippen LogP) is 2.28. The third-order valence-electron chi connectivity index (χ3n) is 2.15. The number of hydrogen-bond acceptors (Lipinski definition) is 3. The van der Waals surface area contributed by atoms with Gasteiger partial charge in [-0.25, -0.2) is 0 Å². The lowest BCUT2D eigenvalue weighted by molar-refractivity contribution is -0.255. The summed E-state index contributed by atoms with van der Waals surface area (Å²) in [5, 5.41) is 12.8. The van der Waals surface area contributed by atoms with Crippen molar-refractivity contribution in [2.24, 2.45) is 0 Å². The lowest BCUT2D eigenvalue weighted by atomic mass is 10.1. The molecule has 2 nitrogen and oxygen atoms in total. The van der Waals surface area contributed by atoms with Crippen LogP contribution in [0.3, 0.4) is 0 Å². The Bertz CT molecular complexity index is 512. The summed E-state index contributed by atoms with van der Waals surface area (Å²) >= 11 is 1.61. The van der Waals surface area contributed by atoms with Gasteiger partial charge in [-0.15, -0.1) is 11.3 Å². The summed E-state index contributed by atoms with van der Waals surface area (Å²) in [5.74, 6) is -1.15. The van der Waals surface area contributed by atoms with Gasteiger partial charge in [0.25, 0.3) is 0 Å². The molecule has 0 fully saturated rings. The zero-order valence-electron chi connectivity index (χ0n) is 8.42. The number of carbonyl (C=O) groups is 1. The van der Waals surface area contributed by atoms with Crippen LogP contribution in [0.2, 0.25) is 0 Å². The van der Waals surface area contributed by atoms with E-state index < -0.39 is 5.97 Å². The topological polar surface area (TPSA) is 40.1 Å². The number of thiophene rings is 1. The van der Waals surface area contributed by atoms with Crippen molar-refractivity contribution in [3.05, 3.63) is 57.8 Å². The van der Waals surface area contributed by atoms with Crippen LogP contribution in [0.4, 0.5) is 0 Å². The van der Waals surface area contributed by atoms with Gasteiger partial charge in [-0.1, -0.05) is 36.4 Å². The van der Waals surface area contributed by atoms with Gasteiger partial charge < -0.3 is 9.90 Å². The van der Waals surface area contributed by atoms with E-state index >= 15 is 0 Å². The molecule has 1 heterocycles. The van der Waals surface area contributed by atoms with Gasteiger partial charge in [0.05, 0.1) is 5.97 Å². The fourth-order valence-electron chi connectivity index (χ4n) is 1.39. The van der Waals surface area contributed by atoms with Crippen molar-refractivity contribution in [2.75, 3.05) is 0 Å². The summed E-state index contributed by atoms with van der Waals surface area (Å²) in [6.45, 7) is 0. The Morgan fingerprint density at radius 3 is 2.62 bits per heavy atom. The summed E-state index contributed by atoms with van der Waals surface area (Å²) < 4.78 is 0. The maximum absolute atomic E-state index is 10.8. The van der Waals surface area contributed by atoms with E-state index in [0.29, 0.717) is 5.56 Å². The fraction of sp³-hybridized carbons (Fsp3) is 0. The minimum absolute atomic E-state index is 0.218. The Kier molecular flexibility index (Phi) is 3.17. The summed E-state index contributed by atoms with van der Waals surface area (Å²) in [7, 11) is 0. The lowest BCUT2D eigenvalue weighted by Crippen LogP contribution is -2.23. The summed E-state index contributed by atoms with van der Waals surface area (Å²) in [6.07, 6.45) is 3.68. The van der Waals surface area contributed by atoms with Gasteiger partial charge in [-0.2, -0.15) is 0 Å². The molecular weight excluding hydrogens is 220 g/mol. The molecule has 80 valence electrons. The van der Waals surface area contributed by atoms with Gasteiger partial charge >= 0.3 is 0 Å². The van der Waals surface area contributed by atoms with Gasteiger partial charge in [0, 0.05) is 10.4 Å². The Morgan fingerprint density at radius 2 is 1.94 bits per heavy atom. The molecule has 0 amide bonds. The smallest absolute Gasteiger partial charge is 0.0721 e. The highest BCUT2D eigenvalue weighted by molar-refractivity contribution is 7.10. The van der Waals surface area contributed by atoms with Crippen molar-refractivity contribution >= 4 is 29.5 Å². The summed E-state index contributed by atoms with van der Waals surface area (Å²) in [5.41, 5.74) is 0.881. The first-order valence-corrected chi connectivity index (χ1v) is 5.67. The molecule has 0 aliphatic carbocycles. The van der Waals surface area contributed by atoms with Crippen molar-refractivity contribution in [1.82, 2.24) is 0 Å². The molecule has 0 unspecified atom stereocenters. The number of carboxylic acids is 1. The van der Waals surface area contributed by atoms with Crippen LogP contribution in [0.15, 0.2) is 41.8 Å². The zero-order valence-corrected chi connectivity index (χ0v) is 9.24. The van der Waals surface area contributed by atoms with E-state index in [9.17, 15) is 9.90 Å². The minimum Gasteiger partial charge on any atom is -0.545 e. The van der Waals surface area contributed by atoms with Gasteiger partial charge in [0.2, 0.25) is 0 Å². The molecule has 16 heavy (non-hydrogen) atoms. The third-order valence-corrected chi connectivity index (χ3v) is 2.99. The summed E-state index contributed by atoms with van der Waals surface area (Å²) in [4.78, 5) is 11.9. The van der Waals surface area contributed by atoms with Crippen molar-refractivity contribution in [2.45, 2.75) is 0 Å². The number of benzene rings is 1. The number of hydrogen-bond donors (Lipinski definition) is 0. The average molecular weight is 229 g/mol. The van der Waals surface area contributed by atoms with Crippen LogP contribution in [0.5, 0.6) is 0 Å². The van der Waals surface area contributed by atoms with E-state index in [4.69, 9.17) is 0 Å². The standard InChI is InChI=1S/C13H10O2S/c14-13(15)12-6-2-1-4-10(12)7-8-11-5-3-9-16-11/h1-9H,(H,14,15)/p-1/b8-7+. The highest BCUT2D eigenvalue weighted by Gasteiger charge is 1.98.